The Labute approximate surface area is 206 Å². The maximum atomic E-state index is 12.9. The van der Waals surface area contributed by atoms with Crippen LogP contribution in [0.2, 0.25) is 0 Å². The monoisotopic (exact) mass is 481 g/mol. The van der Waals surface area contributed by atoms with Crippen LogP contribution >= 0.6 is 0 Å². The molecule has 0 aliphatic carbocycles. The largest absolute Gasteiger partial charge is 0.439 e. The standard InChI is InChI=1S/C26H23N7O3/c27-24-23(30-36-31-24)25-29-20-16-28-22(15-21(20)33(25)18-9-3-1-4-10-18)35-19-11-7-8-17(14-19)26(34)32-12-5-2-6-13-32/h1,3-4,7-11,14-16H,2,5-6,12-13H2,(H2,27,31). The average Bonchev–Trinajstić information content (AvgIpc) is 3.52. The number of piperidine rings is 1. The summed E-state index contributed by atoms with van der Waals surface area (Å²) < 4.78 is 12.8. The first kappa shape index (κ1) is 21.8. The molecule has 36 heavy (non-hydrogen) atoms. The van der Waals surface area contributed by atoms with Gasteiger partial charge in [-0.25, -0.2) is 14.6 Å². The molecule has 10 heteroatoms. The summed E-state index contributed by atoms with van der Waals surface area (Å²) in [6, 6.07) is 18.7. The predicted molar refractivity (Wildman–Crippen MR) is 133 cm³/mol. The van der Waals surface area contributed by atoms with Crippen LogP contribution in [0.1, 0.15) is 29.6 Å². The van der Waals surface area contributed by atoms with Gasteiger partial charge in [0.15, 0.2) is 17.3 Å². The quantitative estimate of drug-likeness (QED) is 0.390. The predicted octanol–water partition coefficient (Wildman–Crippen LogP) is 4.47. The minimum absolute atomic E-state index is 0.0224. The van der Waals surface area contributed by atoms with Crippen molar-refractivity contribution in [1.82, 2.24) is 29.7 Å². The Hall–Kier alpha value is -4.73. The average molecular weight is 482 g/mol. The molecule has 0 atom stereocenters. The van der Waals surface area contributed by atoms with Gasteiger partial charge < -0.3 is 15.4 Å². The number of carbonyl (C=O) groups excluding carboxylic acids is 1. The van der Waals surface area contributed by atoms with Crippen molar-refractivity contribution in [3.8, 4) is 28.8 Å². The number of carbonyl (C=O) groups is 1. The fourth-order valence-electron chi connectivity index (χ4n) is 4.46. The van der Waals surface area contributed by atoms with Gasteiger partial charge in [0, 0.05) is 30.4 Å². The van der Waals surface area contributed by atoms with Gasteiger partial charge in [-0.1, -0.05) is 24.3 Å². The summed E-state index contributed by atoms with van der Waals surface area (Å²) in [5.74, 6) is 1.53. The van der Waals surface area contributed by atoms with Crippen LogP contribution in [0.3, 0.4) is 0 Å². The summed E-state index contributed by atoms with van der Waals surface area (Å²) in [5.41, 5.74) is 9.12. The van der Waals surface area contributed by atoms with Gasteiger partial charge in [0.2, 0.25) is 5.88 Å². The summed E-state index contributed by atoms with van der Waals surface area (Å²) in [5, 5.41) is 7.63. The summed E-state index contributed by atoms with van der Waals surface area (Å²) >= 11 is 0. The van der Waals surface area contributed by atoms with E-state index in [1.165, 1.54) is 6.42 Å². The summed E-state index contributed by atoms with van der Waals surface area (Å²) in [6.45, 7) is 1.58. The maximum Gasteiger partial charge on any atom is 0.253 e. The molecular weight excluding hydrogens is 458 g/mol. The van der Waals surface area contributed by atoms with Gasteiger partial charge in [0.05, 0.1) is 11.7 Å². The topological polar surface area (TPSA) is 125 Å². The number of pyridine rings is 1. The molecule has 0 saturated carbocycles. The maximum absolute atomic E-state index is 12.9. The Balaban J connectivity index is 1.37. The molecule has 1 saturated heterocycles. The fourth-order valence-corrected chi connectivity index (χ4v) is 4.46. The first-order valence-electron chi connectivity index (χ1n) is 11.8. The molecule has 10 nitrogen and oxygen atoms in total. The van der Waals surface area contributed by atoms with Crippen LogP contribution in [0.4, 0.5) is 5.82 Å². The minimum atomic E-state index is 0.0224. The zero-order valence-electron chi connectivity index (χ0n) is 19.4. The molecule has 6 rings (SSSR count). The number of benzene rings is 2. The van der Waals surface area contributed by atoms with Crippen molar-refractivity contribution in [3.05, 3.63) is 72.4 Å². The van der Waals surface area contributed by atoms with E-state index >= 15 is 0 Å². The van der Waals surface area contributed by atoms with E-state index in [0.717, 1.165) is 37.1 Å². The highest BCUT2D eigenvalue weighted by Crippen LogP contribution is 2.32. The van der Waals surface area contributed by atoms with Crippen molar-refractivity contribution >= 4 is 22.8 Å². The molecule has 1 amide bonds. The Morgan fingerprint density at radius 2 is 1.81 bits per heavy atom. The van der Waals surface area contributed by atoms with Crippen LogP contribution in [0, 0.1) is 0 Å². The lowest BCUT2D eigenvalue weighted by molar-refractivity contribution is 0.0724. The van der Waals surface area contributed by atoms with E-state index in [1.54, 1.807) is 24.4 Å². The van der Waals surface area contributed by atoms with E-state index < -0.39 is 0 Å². The first-order chi connectivity index (χ1) is 17.7. The van der Waals surface area contributed by atoms with Crippen LogP contribution in [0.25, 0.3) is 28.2 Å². The van der Waals surface area contributed by atoms with Crippen LogP contribution in [-0.2, 0) is 0 Å². The lowest BCUT2D eigenvalue weighted by atomic mass is 10.1. The Morgan fingerprint density at radius 3 is 2.58 bits per heavy atom. The van der Waals surface area contributed by atoms with E-state index in [9.17, 15) is 4.79 Å². The van der Waals surface area contributed by atoms with Crippen LogP contribution in [0.5, 0.6) is 11.6 Å². The zero-order chi connectivity index (χ0) is 24.5. The SMILES string of the molecule is Nc1nonc1-c1nc2cnc(Oc3cccc(C(=O)N4CCCCC4)c3)cc2n1-c1ccccc1. The molecule has 0 radical (unpaired) electrons. The van der Waals surface area contributed by atoms with Gasteiger partial charge in [-0.15, -0.1) is 0 Å². The highest BCUT2D eigenvalue weighted by Gasteiger charge is 2.22. The summed E-state index contributed by atoms with van der Waals surface area (Å²) in [4.78, 5) is 24.0. The number of amides is 1. The highest BCUT2D eigenvalue weighted by atomic mass is 16.6. The molecule has 1 aliphatic rings. The molecule has 0 bridgehead atoms. The Morgan fingerprint density at radius 1 is 0.972 bits per heavy atom. The van der Waals surface area contributed by atoms with Crippen molar-refractivity contribution in [1.29, 1.82) is 0 Å². The van der Waals surface area contributed by atoms with Gasteiger partial charge in [-0.2, -0.15) is 0 Å². The number of anilines is 1. The van der Waals surface area contributed by atoms with Crippen LogP contribution < -0.4 is 10.5 Å². The summed E-state index contributed by atoms with van der Waals surface area (Å²) in [6.07, 6.45) is 4.88. The fraction of sp³-hybridized carbons (Fsp3) is 0.192. The Kier molecular flexibility index (Phi) is 5.53. The first-order valence-corrected chi connectivity index (χ1v) is 11.8. The number of rotatable bonds is 5. The second-order valence-corrected chi connectivity index (χ2v) is 8.60. The van der Waals surface area contributed by atoms with E-state index in [1.807, 2.05) is 51.9 Å². The smallest absolute Gasteiger partial charge is 0.253 e. The van der Waals surface area contributed by atoms with Crippen molar-refractivity contribution < 1.29 is 14.2 Å². The number of nitrogens with two attached hydrogens (primary N) is 1. The highest BCUT2D eigenvalue weighted by molar-refractivity contribution is 5.94. The van der Waals surface area contributed by atoms with Crippen molar-refractivity contribution in [2.75, 3.05) is 18.8 Å². The van der Waals surface area contributed by atoms with Gasteiger partial charge in [0.1, 0.15) is 11.3 Å². The molecule has 2 N–H and O–H groups in total. The number of nitrogens with zero attached hydrogens (tertiary/aromatic N) is 6. The third kappa shape index (κ3) is 4.02. The molecule has 0 unspecified atom stereocenters. The third-order valence-electron chi connectivity index (χ3n) is 6.20. The van der Waals surface area contributed by atoms with E-state index in [2.05, 4.69) is 20.3 Å². The molecule has 5 aromatic rings. The number of imidazole rings is 1. The van der Waals surface area contributed by atoms with Crippen molar-refractivity contribution in [2.45, 2.75) is 19.3 Å². The number of ether oxygens (including phenoxy) is 1. The number of aromatic nitrogens is 5. The number of nitrogen functional groups attached to an aromatic ring is 1. The number of para-hydroxylation sites is 1. The second kappa shape index (κ2) is 9.14. The van der Waals surface area contributed by atoms with Crippen molar-refractivity contribution in [3.63, 3.8) is 0 Å². The normalized spacial score (nSPS) is 13.7. The van der Waals surface area contributed by atoms with Gasteiger partial charge in [-0.3, -0.25) is 9.36 Å². The van der Waals surface area contributed by atoms with Gasteiger partial charge >= 0.3 is 0 Å². The van der Waals surface area contributed by atoms with E-state index in [-0.39, 0.29) is 11.7 Å². The molecule has 0 spiro atoms. The van der Waals surface area contributed by atoms with Gasteiger partial charge in [-0.05, 0) is 59.9 Å². The second-order valence-electron chi connectivity index (χ2n) is 8.60. The lowest BCUT2D eigenvalue weighted by Gasteiger charge is -2.26. The number of hydrogen-bond acceptors (Lipinski definition) is 8. The minimum Gasteiger partial charge on any atom is -0.439 e. The lowest BCUT2D eigenvalue weighted by Crippen LogP contribution is -2.35. The van der Waals surface area contributed by atoms with Crippen molar-refractivity contribution in [2.24, 2.45) is 0 Å². The number of hydrogen-bond donors (Lipinski definition) is 1. The number of likely N-dealkylation sites (tertiary alicyclic amines) is 1. The van der Waals surface area contributed by atoms with Gasteiger partial charge in [0.25, 0.3) is 5.91 Å². The molecular formula is C26H23N7O3. The molecule has 3 aromatic heterocycles. The van der Waals surface area contributed by atoms with E-state index in [0.29, 0.717) is 34.2 Å². The molecule has 1 aliphatic heterocycles. The molecule has 4 heterocycles. The molecule has 180 valence electrons. The summed E-state index contributed by atoms with van der Waals surface area (Å²) in [7, 11) is 0. The Bertz CT molecular complexity index is 1540. The zero-order valence-corrected chi connectivity index (χ0v) is 19.4. The van der Waals surface area contributed by atoms with Crippen LogP contribution in [0.15, 0.2) is 71.5 Å². The molecule has 1 fully saturated rings. The third-order valence-corrected chi connectivity index (χ3v) is 6.20. The number of fused-ring (bicyclic) bond motifs is 1. The van der Waals surface area contributed by atoms with Crippen LogP contribution in [-0.4, -0.2) is 48.7 Å². The van der Waals surface area contributed by atoms with E-state index in [4.69, 9.17) is 15.1 Å². The molecule has 2 aromatic carbocycles.